The van der Waals surface area contributed by atoms with Gasteiger partial charge in [0.2, 0.25) is 5.91 Å². The first kappa shape index (κ1) is 14.4. The van der Waals surface area contributed by atoms with Gasteiger partial charge in [-0.05, 0) is 26.0 Å². The lowest BCUT2D eigenvalue weighted by Crippen LogP contribution is -2.49. The number of nitrogens with two attached hydrogens (primary N) is 1. The minimum atomic E-state index is -0.363. The molecule has 0 saturated carbocycles. The zero-order valence-electron chi connectivity index (χ0n) is 10.00. The van der Waals surface area contributed by atoms with Crippen molar-refractivity contribution in [3.63, 3.8) is 0 Å². The van der Waals surface area contributed by atoms with Crippen LogP contribution in [0.4, 0.5) is 0 Å². The summed E-state index contributed by atoms with van der Waals surface area (Å²) >= 11 is 7.42. The fourth-order valence-corrected chi connectivity index (χ4v) is 2.21. The summed E-state index contributed by atoms with van der Waals surface area (Å²) in [4.78, 5) is 12.6. The van der Waals surface area contributed by atoms with Gasteiger partial charge in [-0.1, -0.05) is 23.7 Å². The Bertz CT molecular complexity index is 396. The van der Waals surface area contributed by atoms with E-state index in [4.69, 9.17) is 17.3 Å². The topological polar surface area (TPSA) is 55.1 Å². The molecule has 0 fully saturated rings. The van der Waals surface area contributed by atoms with E-state index in [1.54, 1.807) is 0 Å². The Labute approximate surface area is 111 Å². The van der Waals surface area contributed by atoms with Gasteiger partial charge in [0.05, 0.1) is 10.8 Å². The molecule has 5 heteroatoms. The summed E-state index contributed by atoms with van der Waals surface area (Å²) in [5, 5.41) is 3.54. The van der Waals surface area contributed by atoms with Crippen molar-refractivity contribution in [2.45, 2.75) is 24.3 Å². The first-order valence-electron chi connectivity index (χ1n) is 5.33. The van der Waals surface area contributed by atoms with E-state index in [-0.39, 0.29) is 11.4 Å². The molecule has 0 aromatic heterocycles. The Balaban J connectivity index is 2.47. The molecule has 0 saturated heterocycles. The molecule has 0 bridgehead atoms. The van der Waals surface area contributed by atoms with Crippen LogP contribution in [-0.4, -0.2) is 23.7 Å². The third kappa shape index (κ3) is 4.98. The number of hydrogen-bond donors (Lipinski definition) is 2. The average molecular weight is 273 g/mol. The van der Waals surface area contributed by atoms with Gasteiger partial charge in [0.25, 0.3) is 0 Å². The zero-order chi connectivity index (χ0) is 12.9. The van der Waals surface area contributed by atoms with Gasteiger partial charge in [0, 0.05) is 17.0 Å². The number of thioether (sulfide) groups is 1. The van der Waals surface area contributed by atoms with E-state index in [1.165, 1.54) is 11.8 Å². The predicted molar refractivity (Wildman–Crippen MR) is 73.5 cm³/mol. The van der Waals surface area contributed by atoms with E-state index in [0.717, 1.165) is 4.90 Å². The van der Waals surface area contributed by atoms with Gasteiger partial charge in [0.1, 0.15) is 0 Å². The van der Waals surface area contributed by atoms with Crippen LogP contribution in [0.25, 0.3) is 0 Å². The molecule has 1 rings (SSSR count). The van der Waals surface area contributed by atoms with E-state index in [1.807, 2.05) is 38.1 Å². The number of halogens is 1. The Hall–Kier alpha value is -0.710. The van der Waals surface area contributed by atoms with Crippen molar-refractivity contribution in [1.82, 2.24) is 5.32 Å². The fourth-order valence-electron chi connectivity index (χ4n) is 1.17. The molecule has 1 aromatic carbocycles. The van der Waals surface area contributed by atoms with E-state index in [2.05, 4.69) is 5.32 Å². The number of nitrogens with one attached hydrogen (secondary N) is 1. The molecule has 0 aliphatic carbocycles. The Morgan fingerprint density at radius 2 is 2.12 bits per heavy atom. The van der Waals surface area contributed by atoms with Gasteiger partial charge in [-0.2, -0.15) is 0 Å². The molecule has 1 aromatic rings. The lowest BCUT2D eigenvalue weighted by molar-refractivity contribution is -0.120. The van der Waals surface area contributed by atoms with E-state index >= 15 is 0 Å². The molecular weight excluding hydrogens is 256 g/mol. The second kappa shape index (κ2) is 6.28. The summed E-state index contributed by atoms with van der Waals surface area (Å²) < 4.78 is 0. The molecular formula is C12H17ClN2OS. The highest BCUT2D eigenvalue weighted by Crippen LogP contribution is 2.26. The largest absolute Gasteiger partial charge is 0.349 e. The second-order valence-corrected chi connectivity index (χ2v) is 5.78. The first-order chi connectivity index (χ1) is 7.94. The Kier molecular flexibility index (Phi) is 5.31. The lowest BCUT2D eigenvalue weighted by atomic mass is 10.1. The smallest absolute Gasteiger partial charge is 0.230 e. The normalized spacial score (nSPS) is 11.3. The number of carbonyl (C=O) groups excluding carboxylic acids is 1. The van der Waals surface area contributed by atoms with Gasteiger partial charge in [-0.15, -0.1) is 11.8 Å². The summed E-state index contributed by atoms with van der Waals surface area (Å²) in [6, 6.07) is 7.47. The maximum Gasteiger partial charge on any atom is 0.230 e. The van der Waals surface area contributed by atoms with Crippen LogP contribution in [0.5, 0.6) is 0 Å². The maximum atomic E-state index is 11.7. The highest BCUT2D eigenvalue weighted by atomic mass is 35.5. The number of carbonyl (C=O) groups is 1. The van der Waals surface area contributed by atoms with Gasteiger partial charge in [0.15, 0.2) is 0 Å². The number of rotatable bonds is 5. The molecule has 0 atom stereocenters. The summed E-state index contributed by atoms with van der Waals surface area (Å²) in [5.74, 6) is 0.304. The zero-order valence-corrected chi connectivity index (χ0v) is 11.6. The predicted octanol–water partition coefficient (Wildman–Crippen LogP) is 2.29. The molecule has 3 N–H and O–H groups in total. The van der Waals surface area contributed by atoms with Crippen molar-refractivity contribution in [1.29, 1.82) is 0 Å². The molecule has 94 valence electrons. The van der Waals surface area contributed by atoms with Crippen LogP contribution in [0, 0.1) is 0 Å². The van der Waals surface area contributed by atoms with Crippen LogP contribution in [0.2, 0.25) is 5.02 Å². The van der Waals surface area contributed by atoms with Crippen LogP contribution >= 0.6 is 23.4 Å². The minimum absolute atomic E-state index is 0.0367. The summed E-state index contributed by atoms with van der Waals surface area (Å²) in [6.45, 7) is 4.20. The van der Waals surface area contributed by atoms with Crippen molar-refractivity contribution in [3.05, 3.63) is 29.3 Å². The lowest BCUT2D eigenvalue weighted by Gasteiger charge is -2.24. The molecule has 0 aliphatic heterocycles. The molecule has 17 heavy (non-hydrogen) atoms. The minimum Gasteiger partial charge on any atom is -0.349 e. The van der Waals surface area contributed by atoms with Crippen molar-refractivity contribution < 1.29 is 4.79 Å². The Morgan fingerprint density at radius 1 is 1.47 bits per heavy atom. The Morgan fingerprint density at radius 3 is 2.71 bits per heavy atom. The highest BCUT2D eigenvalue weighted by Gasteiger charge is 2.18. The molecule has 0 radical (unpaired) electrons. The maximum absolute atomic E-state index is 11.7. The second-order valence-electron chi connectivity index (χ2n) is 4.36. The van der Waals surface area contributed by atoms with Crippen molar-refractivity contribution in [3.8, 4) is 0 Å². The monoisotopic (exact) mass is 272 g/mol. The number of benzene rings is 1. The van der Waals surface area contributed by atoms with Crippen LogP contribution in [0.1, 0.15) is 13.8 Å². The molecule has 0 aliphatic rings. The molecule has 1 amide bonds. The number of hydrogen-bond acceptors (Lipinski definition) is 3. The van der Waals surface area contributed by atoms with Crippen molar-refractivity contribution in [2.75, 3.05) is 12.3 Å². The van der Waals surface area contributed by atoms with Crippen LogP contribution in [0.3, 0.4) is 0 Å². The van der Waals surface area contributed by atoms with Crippen molar-refractivity contribution >= 4 is 29.3 Å². The summed E-state index contributed by atoms with van der Waals surface area (Å²) in [5.41, 5.74) is 5.18. The highest BCUT2D eigenvalue weighted by molar-refractivity contribution is 8.00. The van der Waals surface area contributed by atoms with E-state index in [9.17, 15) is 4.79 Å². The van der Waals surface area contributed by atoms with E-state index < -0.39 is 0 Å². The first-order valence-corrected chi connectivity index (χ1v) is 6.69. The third-order valence-electron chi connectivity index (χ3n) is 2.18. The fraction of sp³-hybridized carbons (Fsp3) is 0.417. The third-order valence-corrected chi connectivity index (χ3v) is 3.70. The summed E-state index contributed by atoms with van der Waals surface area (Å²) in [6.07, 6.45) is 0. The molecule has 0 spiro atoms. The average Bonchev–Trinajstić information content (AvgIpc) is 2.27. The quantitative estimate of drug-likeness (QED) is 0.809. The van der Waals surface area contributed by atoms with E-state index in [0.29, 0.717) is 17.3 Å². The SMILES string of the molecule is CC(C)(CN)NC(=O)CSc1ccccc1Cl. The number of amides is 1. The molecule has 0 unspecified atom stereocenters. The molecule has 3 nitrogen and oxygen atoms in total. The standard InChI is InChI=1S/C12H17ClN2OS/c1-12(2,8-14)15-11(16)7-17-10-6-4-3-5-9(10)13/h3-6H,7-8,14H2,1-2H3,(H,15,16). The van der Waals surface area contributed by atoms with Gasteiger partial charge in [-0.25, -0.2) is 0 Å². The van der Waals surface area contributed by atoms with Gasteiger partial charge < -0.3 is 11.1 Å². The summed E-state index contributed by atoms with van der Waals surface area (Å²) in [7, 11) is 0. The molecule has 0 heterocycles. The van der Waals surface area contributed by atoms with Gasteiger partial charge >= 0.3 is 0 Å². The van der Waals surface area contributed by atoms with Crippen LogP contribution < -0.4 is 11.1 Å². The van der Waals surface area contributed by atoms with Gasteiger partial charge in [-0.3, -0.25) is 4.79 Å². The van der Waals surface area contributed by atoms with Crippen molar-refractivity contribution in [2.24, 2.45) is 5.73 Å². The van der Waals surface area contributed by atoms with Crippen LogP contribution in [0.15, 0.2) is 29.2 Å². The van der Waals surface area contributed by atoms with Crippen LogP contribution in [-0.2, 0) is 4.79 Å².